The highest BCUT2D eigenvalue weighted by atomic mass is 79.9. The molecule has 0 spiro atoms. The van der Waals surface area contributed by atoms with E-state index in [0.717, 1.165) is 21.3 Å². The topological polar surface area (TPSA) is 41.6 Å². The van der Waals surface area contributed by atoms with E-state index in [9.17, 15) is 5.26 Å². The van der Waals surface area contributed by atoms with Gasteiger partial charge in [0.1, 0.15) is 6.07 Å². The molecule has 96 valence electrons. The van der Waals surface area contributed by atoms with Crippen molar-refractivity contribution in [2.45, 2.75) is 0 Å². The number of nitriles is 1. The summed E-state index contributed by atoms with van der Waals surface area (Å²) in [7, 11) is 0. The number of halogens is 1. The summed E-state index contributed by atoms with van der Waals surface area (Å²) in [5.74, 6) is 0. The van der Waals surface area contributed by atoms with Crippen LogP contribution >= 0.6 is 15.9 Å². The number of hydrogen-bond donors (Lipinski definition) is 0. The van der Waals surface area contributed by atoms with Gasteiger partial charge in [0.15, 0.2) is 0 Å². The van der Waals surface area contributed by atoms with Gasteiger partial charge in [0, 0.05) is 16.2 Å². The Morgan fingerprint density at radius 2 is 1.80 bits per heavy atom. The van der Waals surface area contributed by atoms with Gasteiger partial charge >= 0.3 is 0 Å². The van der Waals surface area contributed by atoms with Gasteiger partial charge in [-0.15, -0.1) is 0 Å². The maximum atomic E-state index is 9.26. The molecule has 0 atom stereocenters. The molecule has 20 heavy (non-hydrogen) atoms. The van der Waals surface area contributed by atoms with Crippen molar-refractivity contribution in [1.82, 2.24) is 9.78 Å². The molecular formula is C16H10BrN3. The van der Waals surface area contributed by atoms with Crippen molar-refractivity contribution in [3.63, 3.8) is 0 Å². The molecule has 0 aliphatic heterocycles. The number of nitrogens with zero attached hydrogens (tertiary/aromatic N) is 3. The Balaban J connectivity index is 2.08. The van der Waals surface area contributed by atoms with Crippen molar-refractivity contribution < 1.29 is 0 Å². The zero-order valence-electron chi connectivity index (χ0n) is 10.5. The molecule has 0 aliphatic carbocycles. The zero-order chi connectivity index (χ0) is 13.9. The summed E-state index contributed by atoms with van der Waals surface area (Å²) in [5.41, 5.74) is 3.47. The molecule has 3 rings (SSSR count). The number of hydrogen-bond acceptors (Lipinski definition) is 2. The van der Waals surface area contributed by atoms with Crippen LogP contribution < -0.4 is 0 Å². The van der Waals surface area contributed by atoms with E-state index in [1.165, 1.54) is 0 Å². The molecule has 0 bridgehead atoms. The van der Waals surface area contributed by atoms with Crippen LogP contribution in [0.15, 0.2) is 65.4 Å². The van der Waals surface area contributed by atoms with Crippen molar-refractivity contribution in [2.75, 3.05) is 0 Å². The van der Waals surface area contributed by atoms with Gasteiger partial charge in [-0.25, -0.2) is 4.68 Å². The van der Waals surface area contributed by atoms with Crippen LogP contribution in [0.1, 0.15) is 5.56 Å². The van der Waals surface area contributed by atoms with E-state index in [-0.39, 0.29) is 0 Å². The molecule has 0 unspecified atom stereocenters. The molecule has 3 aromatic rings. The van der Waals surface area contributed by atoms with Crippen molar-refractivity contribution in [1.29, 1.82) is 5.26 Å². The van der Waals surface area contributed by atoms with E-state index < -0.39 is 0 Å². The van der Waals surface area contributed by atoms with Gasteiger partial charge in [-0.2, -0.15) is 10.4 Å². The SMILES string of the molecule is N#Cc1c(Br)cccc1-n1cc(-c2ccccc2)cn1. The lowest BCUT2D eigenvalue weighted by Crippen LogP contribution is -1.98. The summed E-state index contributed by atoms with van der Waals surface area (Å²) in [6, 6.07) is 17.9. The molecule has 0 saturated carbocycles. The highest BCUT2D eigenvalue weighted by molar-refractivity contribution is 9.10. The van der Waals surface area contributed by atoms with Gasteiger partial charge in [0.25, 0.3) is 0 Å². The maximum Gasteiger partial charge on any atom is 0.103 e. The third kappa shape index (κ3) is 2.24. The quantitative estimate of drug-likeness (QED) is 0.710. The van der Waals surface area contributed by atoms with Crippen molar-refractivity contribution >= 4 is 15.9 Å². The minimum atomic E-state index is 0.579. The second-order valence-electron chi connectivity index (χ2n) is 4.29. The second-order valence-corrected chi connectivity index (χ2v) is 5.14. The number of rotatable bonds is 2. The van der Waals surface area contributed by atoms with Crippen LogP contribution in [0.5, 0.6) is 0 Å². The van der Waals surface area contributed by atoms with Gasteiger partial charge in [0.05, 0.1) is 17.4 Å². The molecule has 0 amide bonds. The lowest BCUT2D eigenvalue weighted by atomic mass is 10.1. The largest absolute Gasteiger partial charge is 0.239 e. The summed E-state index contributed by atoms with van der Waals surface area (Å²) in [6.07, 6.45) is 3.73. The Labute approximate surface area is 125 Å². The third-order valence-corrected chi connectivity index (χ3v) is 3.70. The molecule has 0 radical (unpaired) electrons. The maximum absolute atomic E-state index is 9.26. The van der Waals surface area contributed by atoms with Crippen LogP contribution in [0.2, 0.25) is 0 Å². The Morgan fingerprint density at radius 3 is 2.55 bits per heavy atom. The van der Waals surface area contributed by atoms with Gasteiger partial charge in [-0.1, -0.05) is 36.4 Å². The highest BCUT2D eigenvalue weighted by Crippen LogP contribution is 2.25. The van der Waals surface area contributed by atoms with Crippen LogP contribution in [0.4, 0.5) is 0 Å². The summed E-state index contributed by atoms with van der Waals surface area (Å²) in [6.45, 7) is 0. The Kier molecular flexibility index (Phi) is 3.36. The fourth-order valence-corrected chi connectivity index (χ4v) is 2.49. The Bertz CT molecular complexity index is 785. The van der Waals surface area contributed by atoms with Crippen LogP contribution in [0.25, 0.3) is 16.8 Å². The molecule has 0 saturated heterocycles. The average Bonchev–Trinajstić information content (AvgIpc) is 2.97. The van der Waals surface area contributed by atoms with Crippen molar-refractivity contribution in [2.24, 2.45) is 0 Å². The first-order valence-corrected chi connectivity index (χ1v) is 6.88. The standard InChI is InChI=1S/C16H10BrN3/c17-15-7-4-8-16(14(15)9-18)20-11-13(10-19-20)12-5-2-1-3-6-12/h1-8,10-11H. The molecule has 1 heterocycles. The Morgan fingerprint density at radius 1 is 1.00 bits per heavy atom. The summed E-state index contributed by atoms with van der Waals surface area (Å²) in [4.78, 5) is 0. The smallest absolute Gasteiger partial charge is 0.103 e. The fraction of sp³-hybridized carbons (Fsp3) is 0. The van der Waals surface area contributed by atoms with Gasteiger partial charge in [0.2, 0.25) is 0 Å². The molecule has 0 N–H and O–H groups in total. The average molecular weight is 324 g/mol. The first-order valence-electron chi connectivity index (χ1n) is 6.08. The fourth-order valence-electron chi connectivity index (χ4n) is 2.05. The molecule has 0 fully saturated rings. The van der Waals surface area contributed by atoms with E-state index in [1.807, 2.05) is 54.7 Å². The van der Waals surface area contributed by atoms with Crippen LogP contribution in [-0.4, -0.2) is 9.78 Å². The van der Waals surface area contributed by atoms with Gasteiger partial charge < -0.3 is 0 Å². The van der Waals surface area contributed by atoms with E-state index in [2.05, 4.69) is 27.1 Å². The van der Waals surface area contributed by atoms with Crippen LogP contribution in [-0.2, 0) is 0 Å². The lowest BCUT2D eigenvalue weighted by molar-refractivity contribution is 0.876. The van der Waals surface area contributed by atoms with Crippen molar-refractivity contribution in [3.05, 3.63) is 71.0 Å². The Hall–Kier alpha value is -2.38. The van der Waals surface area contributed by atoms with E-state index in [1.54, 1.807) is 10.9 Å². The third-order valence-electron chi connectivity index (χ3n) is 3.04. The van der Waals surface area contributed by atoms with E-state index in [4.69, 9.17) is 0 Å². The van der Waals surface area contributed by atoms with Crippen LogP contribution in [0.3, 0.4) is 0 Å². The number of aromatic nitrogens is 2. The van der Waals surface area contributed by atoms with Crippen molar-refractivity contribution in [3.8, 4) is 22.9 Å². The zero-order valence-corrected chi connectivity index (χ0v) is 12.1. The van der Waals surface area contributed by atoms with Gasteiger partial charge in [-0.05, 0) is 33.6 Å². The molecule has 0 aliphatic rings. The van der Waals surface area contributed by atoms with E-state index in [0.29, 0.717) is 5.56 Å². The molecular weight excluding hydrogens is 314 g/mol. The van der Waals surface area contributed by atoms with E-state index >= 15 is 0 Å². The minimum absolute atomic E-state index is 0.579. The monoisotopic (exact) mass is 323 g/mol. The second kappa shape index (κ2) is 5.32. The summed E-state index contributed by atoms with van der Waals surface area (Å²) < 4.78 is 2.50. The molecule has 2 aromatic carbocycles. The summed E-state index contributed by atoms with van der Waals surface area (Å²) >= 11 is 3.39. The predicted octanol–water partition coefficient (Wildman–Crippen LogP) is 4.17. The highest BCUT2D eigenvalue weighted by Gasteiger charge is 2.09. The molecule has 3 nitrogen and oxygen atoms in total. The molecule has 1 aromatic heterocycles. The number of benzene rings is 2. The normalized spacial score (nSPS) is 10.2. The van der Waals surface area contributed by atoms with Gasteiger partial charge in [-0.3, -0.25) is 0 Å². The first-order chi connectivity index (χ1) is 9.79. The minimum Gasteiger partial charge on any atom is -0.239 e. The van der Waals surface area contributed by atoms with Crippen LogP contribution in [0, 0.1) is 11.3 Å². The first kappa shape index (κ1) is 12.6. The lowest BCUT2D eigenvalue weighted by Gasteiger charge is -2.05. The summed E-state index contributed by atoms with van der Waals surface area (Å²) in [5, 5.41) is 13.6. The molecule has 4 heteroatoms. The predicted molar refractivity (Wildman–Crippen MR) is 81.4 cm³/mol.